The average Bonchev–Trinajstić information content (AvgIpc) is 2.68. The summed E-state index contributed by atoms with van der Waals surface area (Å²) in [5.41, 5.74) is 13.1. The molecule has 0 spiro atoms. The number of carbonyl (C=O) groups excluding carboxylic acids is 1. The molecule has 28 heavy (non-hydrogen) atoms. The third-order valence-corrected chi connectivity index (χ3v) is 6.42. The maximum Gasteiger partial charge on any atom is 0.240 e. The second kappa shape index (κ2) is 8.46. The molecule has 0 aliphatic heterocycles. The van der Waals surface area contributed by atoms with E-state index in [0.29, 0.717) is 36.9 Å². The van der Waals surface area contributed by atoms with Gasteiger partial charge >= 0.3 is 0 Å². The Morgan fingerprint density at radius 1 is 1.00 bits per heavy atom. The number of anilines is 1. The first kappa shape index (κ1) is 19.9. The Bertz CT molecular complexity index is 1020. The number of nitrogens with two attached hydrogens (primary N) is 2. The first-order valence-corrected chi connectivity index (χ1v) is 10.6. The zero-order valence-electron chi connectivity index (χ0n) is 15.4. The van der Waals surface area contributed by atoms with Gasteiger partial charge in [-0.25, -0.2) is 13.1 Å². The molecule has 0 aromatic heterocycles. The summed E-state index contributed by atoms with van der Waals surface area (Å²) in [6.07, 6.45) is 2.36. The van der Waals surface area contributed by atoms with Gasteiger partial charge in [0, 0.05) is 28.8 Å². The number of primary amides is 1. The molecule has 1 saturated carbocycles. The highest BCUT2D eigenvalue weighted by Crippen LogP contribution is 2.26. The molecule has 7 heteroatoms. The molecule has 0 atom stereocenters. The van der Waals surface area contributed by atoms with Crippen molar-refractivity contribution in [3.05, 3.63) is 59.7 Å². The van der Waals surface area contributed by atoms with Gasteiger partial charge in [0.05, 0.1) is 4.90 Å². The van der Waals surface area contributed by atoms with Crippen LogP contribution in [0, 0.1) is 17.8 Å². The molecule has 6 nitrogen and oxygen atoms in total. The Morgan fingerprint density at radius 3 is 2.29 bits per heavy atom. The summed E-state index contributed by atoms with van der Waals surface area (Å²) in [5.74, 6) is 5.49. The molecule has 5 N–H and O–H groups in total. The van der Waals surface area contributed by atoms with Crippen LogP contribution in [-0.4, -0.2) is 20.4 Å². The topological polar surface area (TPSA) is 115 Å². The fourth-order valence-corrected chi connectivity index (χ4v) is 4.61. The Hall–Kier alpha value is -2.82. The highest BCUT2D eigenvalue weighted by molar-refractivity contribution is 7.89. The molecule has 1 fully saturated rings. The standard InChI is InChI=1S/C21H23N3O3S/c22-20-14-19(13-10-16(20)7-6-15-4-2-1-3-5-15)28(26,27)24-18-11-8-17(9-12-18)21(23)25/h1-5,10,13-14,17-18,24H,8-9,11-12,22H2,(H2,23,25). The summed E-state index contributed by atoms with van der Waals surface area (Å²) < 4.78 is 28.0. The predicted molar refractivity (Wildman–Crippen MR) is 109 cm³/mol. The van der Waals surface area contributed by atoms with E-state index in [4.69, 9.17) is 11.5 Å². The third kappa shape index (κ3) is 4.91. The van der Waals surface area contributed by atoms with Gasteiger partial charge in [0.1, 0.15) is 0 Å². The van der Waals surface area contributed by atoms with E-state index in [1.807, 2.05) is 30.3 Å². The largest absolute Gasteiger partial charge is 0.398 e. The van der Waals surface area contributed by atoms with Crippen molar-refractivity contribution in [2.24, 2.45) is 11.7 Å². The van der Waals surface area contributed by atoms with Crippen LogP contribution in [0.15, 0.2) is 53.4 Å². The lowest BCUT2D eigenvalue weighted by atomic mass is 9.86. The minimum absolute atomic E-state index is 0.104. The number of carbonyl (C=O) groups is 1. The van der Waals surface area contributed by atoms with Gasteiger partial charge < -0.3 is 11.5 Å². The molecule has 0 heterocycles. The summed E-state index contributed by atoms with van der Waals surface area (Å²) in [4.78, 5) is 11.3. The number of rotatable bonds is 4. The third-order valence-electron chi connectivity index (χ3n) is 4.90. The van der Waals surface area contributed by atoms with Crippen LogP contribution in [0.1, 0.15) is 36.8 Å². The van der Waals surface area contributed by atoms with Crippen molar-refractivity contribution in [2.45, 2.75) is 36.6 Å². The molecule has 2 aromatic carbocycles. The van der Waals surface area contributed by atoms with Crippen LogP contribution in [0.4, 0.5) is 5.69 Å². The molecule has 1 aliphatic carbocycles. The van der Waals surface area contributed by atoms with Crippen LogP contribution in [0.2, 0.25) is 0 Å². The number of nitrogens with one attached hydrogen (secondary N) is 1. The van der Waals surface area contributed by atoms with Gasteiger partial charge in [-0.15, -0.1) is 0 Å². The molecule has 0 unspecified atom stereocenters. The van der Waals surface area contributed by atoms with Crippen LogP contribution in [0.25, 0.3) is 0 Å². The van der Waals surface area contributed by atoms with Gasteiger partial charge in [-0.3, -0.25) is 4.79 Å². The Labute approximate surface area is 165 Å². The van der Waals surface area contributed by atoms with Gasteiger partial charge in [0.25, 0.3) is 0 Å². The maximum atomic E-state index is 12.7. The lowest BCUT2D eigenvalue weighted by molar-refractivity contribution is -0.122. The van der Waals surface area contributed by atoms with E-state index in [9.17, 15) is 13.2 Å². The smallest absolute Gasteiger partial charge is 0.240 e. The molecule has 3 rings (SSSR count). The van der Waals surface area contributed by atoms with Crippen molar-refractivity contribution >= 4 is 21.6 Å². The van der Waals surface area contributed by atoms with Crippen molar-refractivity contribution in [1.29, 1.82) is 0 Å². The fraction of sp³-hybridized carbons (Fsp3) is 0.286. The molecule has 2 aromatic rings. The number of amides is 1. The highest BCUT2D eigenvalue weighted by Gasteiger charge is 2.28. The number of hydrogen-bond acceptors (Lipinski definition) is 4. The number of sulfonamides is 1. The Balaban J connectivity index is 1.70. The zero-order chi connectivity index (χ0) is 20.1. The summed E-state index contributed by atoms with van der Waals surface area (Å²) in [5, 5.41) is 0. The van der Waals surface area contributed by atoms with Gasteiger partial charge in [-0.05, 0) is 56.0 Å². The monoisotopic (exact) mass is 397 g/mol. The van der Waals surface area contributed by atoms with E-state index in [1.165, 1.54) is 12.1 Å². The minimum Gasteiger partial charge on any atom is -0.398 e. The van der Waals surface area contributed by atoms with Crippen molar-refractivity contribution < 1.29 is 13.2 Å². The second-order valence-electron chi connectivity index (χ2n) is 6.94. The maximum absolute atomic E-state index is 12.7. The number of benzene rings is 2. The van der Waals surface area contributed by atoms with E-state index in [-0.39, 0.29) is 22.8 Å². The fourth-order valence-electron chi connectivity index (χ4n) is 3.27. The van der Waals surface area contributed by atoms with Crippen LogP contribution < -0.4 is 16.2 Å². The van der Waals surface area contributed by atoms with E-state index in [1.54, 1.807) is 6.07 Å². The zero-order valence-corrected chi connectivity index (χ0v) is 16.2. The van der Waals surface area contributed by atoms with Crippen molar-refractivity contribution in [3.63, 3.8) is 0 Å². The number of hydrogen-bond donors (Lipinski definition) is 3. The summed E-state index contributed by atoms with van der Waals surface area (Å²) in [6, 6.07) is 13.8. The van der Waals surface area contributed by atoms with E-state index in [0.717, 1.165) is 5.56 Å². The van der Waals surface area contributed by atoms with Gasteiger partial charge in [-0.2, -0.15) is 0 Å². The van der Waals surface area contributed by atoms with Crippen molar-refractivity contribution in [1.82, 2.24) is 4.72 Å². The first-order chi connectivity index (χ1) is 13.3. The minimum atomic E-state index is -3.70. The summed E-state index contributed by atoms with van der Waals surface area (Å²) in [6.45, 7) is 0. The average molecular weight is 398 g/mol. The molecule has 146 valence electrons. The molecule has 0 radical (unpaired) electrons. The van der Waals surface area contributed by atoms with Crippen LogP contribution in [-0.2, 0) is 14.8 Å². The van der Waals surface area contributed by atoms with E-state index >= 15 is 0 Å². The highest BCUT2D eigenvalue weighted by atomic mass is 32.2. The van der Waals surface area contributed by atoms with Gasteiger partial charge in [-0.1, -0.05) is 30.0 Å². The Morgan fingerprint density at radius 2 is 1.68 bits per heavy atom. The molecule has 1 amide bonds. The molecule has 0 bridgehead atoms. The normalized spacial score (nSPS) is 19.4. The predicted octanol–water partition coefficient (Wildman–Crippen LogP) is 1.99. The molecule has 0 saturated heterocycles. The van der Waals surface area contributed by atoms with E-state index < -0.39 is 10.0 Å². The van der Waals surface area contributed by atoms with Crippen LogP contribution in [0.3, 0.4) is 0 Å². The Kier molecular flexibility index (Phi) is 6.02. The molecular formula is C21H23N3O3S. The second-order valence-corrected chi connectivity index (χ2v) is 8.65. The SMILES string of the molecule is NC(=O)C1CCC(NS(=O)(=O)c2ccc(C#Cc3ccccc3)c(N)c2)CC1. The lowest BCUT2D eigenvalue weighted by Crippen LogP contribution is -2.39. The van der Waals surface area contributed by atoms with Gasteiger partial charge in [0.15, 0.2) is 0 Å². The number of nitrogen functional groups attached to an aromatic ring is 1. The summed E-state index contributed by atoms with van der Waals surface area (Å²) >= 11 is 0. The molecular weight excluding hydrogens is 374 g/mol. The van der Waals surface area contributed by atoms with Crippen LogP contribution in [0.5, 0.6) is 0 Å². The van der Waals surface area contributed by atoms with E-state index in [2.05, 4.69) is 16.6 Å². The van der Waals surface area contributed by atoms with Crippen molar-refractivity contribution in [2.75, 3.05) is 5.73 Å². The lowest BCUT2D eigenvalue weighted by Gasteiger charge is -2.27. The summed E-state index contributed by atoms with van der Waals surface area (Å²) in [7, 11) is -3.70. The quantitative estimate of drug-likeness (QED) is 0.540. The molecule has 1 aliphatic rings. The van der Waals surface area contributed by atoms with Gasteiger partial charge in [0.2, 0.25) is 15.9 Å². The van der Waals surface area contributed by atoms with Crippen molar-refractivity contribution in [3.8, 4) is 11.8 Å². The van der Waals surface area contributed by atoms with Crippen LogP contribution >= 0.6 is 0 Å². The first-order valence-electron chi connectivity index (χ1n) is 9.13.